The maximum absolute atomic E-state index is 6.72. The lowest BCUT2D eigenvalue weighted by atomic mass is 9.77. The van der Waals surface area contributed by atoms with E-state index >= 15 is 0 Å². The van der Waals surface area contributed by atoms with Gasteiger partial charge in [0.15, 0.2) is 0 Å². The second-order valence-corrected chi connectivity index (χ2v) is 7.33. The number of likely N-dealkylation sites (N-methyl/N-ethyl adjacent to an activating group) is 1. The lowest BCUT2D eigenvalue weighted by molar-refractivity contribution is -0.131. The van der Waals surface area contributed by atoms with Gasteiger partial charge in [-0.3, -0.25) is 0 Å². The van der Waals surface area contributed by atoms with Gasteiger partial charge < -0.3 is 10.1 Å². The topological polar surface area (TPSA) is 21.3 Å². The van der Waals surface area contributed by atoms with Crippen LogP contribution in [-0.4, -0.2) is 24.8 Å². The zero-order chi connectivity index (χ0) is 14.4. The number of nitrogens with one attached hydrogen (secondary N) is 1. The summed E-state index contributed by atoms with van der Waals surface area (Å²) in [6.07, 6.45) is 12.5. The van der Waals surface area contributed by atoms with Crippen LogP contribution in [0, 0.1) is 11.8 Å². The Morgan fingerprint density at radius 2 is 1.85 bits per heavy atom. The molecule has 2 aliphatic carbocycles. The summed E-state index contributed by atoms with van der Waals surface area (Å²) in [6.45, 7) is 9.05. The van der Waals surface area contributed by atoms with Gasteiger partial charge in [-0.05, 0) is 56.9 Å². The highest BCUT2D eigenvalue weighted by Gasteiger charge is 2.38. The molecule has 1 N–H and O–H groups in total. The van der Waals surface area contributed by atoms with Crippen molar-refractivity contribution in [1.82, 2.24) is 5.32 Å². The van der Waals surface area contributed by atoms with Crippen LogP contribution < -0.4 is 5.32 Å². The molecule has 0 spiro atoms. The third-order valence-corrected chi connectivity index (χ3v) is 5.60. The van der Waals surface area contributed by atoms with Crippen LogP contribution in [0.2, 0.25) is 0 Å². The first-order chi connectivity index (χ1) is 9.67. The lowest BCUT2D eigenvalue weighted by Crippen LogP contribution is -2.48. The third kappa shape index (κ3) is 4.46. The van der Waals surface area contributed by atoms with Crippen LogP contribution in [-0.2, 0) is 4.74 Å². The van der Waals surface area contributed by atoms with Gasteiger partial charge in [0.2, 0.25) is 0 Å². The van der Waals surface area contributed by atoms with E-state index in [0.717, 1.165) is 24.9 Å². The maximum atomic E-state index is 6.72. The molecule has 2 fully saturated rings. The van der Waals surface area contributed by atoms with E-state index in [4.69, 9.17) is 4.74 Å². The fraction of sp³-hybridized carbons (Fsp3) is 1.00. The predicted octanol–water partition coefficient (Wildman–Crippen LogP) is 4.53. The first kappa shape index (κ1) is 16.3. The van der Waals surface area contributed by atoms with Crippen molar-refractivity contribution < 1.29 is 4.74 Å². The number of rotatable bonds is 6. The van der Waals surface area contributed by atoms with Crippen molar-refractivity contribution in [3.05, 3.63) is 0 Å². The van der Waals surface area contributed by atoms with Gasteiger partial charge in [-0.2, -0.15) is 0 Å². The van der Waals surface area contributed by atoms with Gasteiger partial charge in [0.25, 0.3) is 0 Å². The van der Waals surface area contributed by atoms with Crippen molar-refractivity contribution in [3.63, 3.8) is 0 Å². The fourth-order valence-corrected chi connectivity index (χ4v) is 4.14. The predicted molar refractivity (Wildman–Crippen MR) is 86.0 cm³/mol. The molecule has 2 saturated carbocycles. The Hall–Kier alpha value is -0.0800. The van der Waals surface area contributed by atoms with E-state index in [1.807, 2.05) is 0 Å². The summed E-state index contributed by atoms with van der Waals surface area (Å²) in [5.74, 6) is 1.80. The second-order valence-electron chi connectivity index (χ2n) is 7.33. The van der Waals surface area contributed by atoms with Crippen LogP contribution in [0.4, 0.5) is 0 Å². The quantitative estimate of drug-likeness (QED) is 0.772. The van der Waals surface area contributed by atoms with E-state index in [0.29, 0.717) is 6.10 Å². The van der Waals surface area contributed by atoms with Crippen molar-refractivity contribution >= 4 is 0 Å². The Balaban J connectivity index is 1.92. The van der Waals surface area contributed by atoms with Gasteiger partial charge >= 0.3 is 0 Å². The van der Waals surface area contributed by atoms with Crippen LogP contribution in [0.15, 0.2) is 0 Å². The second kappa shape index (κ2) is 7.79. The van der Waals surface area contributed by atoms with Crippen LogP contribution >= 0.6 is 0 Å². The molecular weight excluding hydrogens is 246 g/mol. The molecule has 0 bridgehead atoms. The summed E-state index contributed by atoms with van der Waals surface area (Å²) in [4.78, 5) is 0. The Morgan fingerprint density at radius 1 is 1.10 bits per heavy atom. The molecule has 2 heteroatoms. The monoisotopic (exact) mass is 281 g/mol. The molecule has 20 heavy (non-hydrogen) atoms. The van der Waals surface area contributed by atoms with E-state index in [1.54, 1.807) is 0 Å². The molecule has 0 heterocycles. The molecule has 0 radical (unpaired) electrons. The van der Waals surface area contributed by atoms with Crippen LogP contribution in [0.5, 0.6) is 0 Å². The Kier molecular flexibility index (Phi) is 6.35. The summed E-state index contributed by atoms with van der Waals surface area (Å²) < 4.78 is 6.72. The molecule has 2 aliphatic rings. The molecule has 2 unspecified atom stereocenters. The van der Waals surface area contributed by atoms with E-state index in [-0.39, 0.29) is 5.60 Å². The van der Waals surface area contributed by atoms with Gasteiger partial charge in [0.05, 0.1) is 11.7 Å². The first-order valence-corrected chi connectivity index (χ1v) is 9.06. The highest BCUT2D eigenvalue weighted by Crippen LogP contribution is 2.39. The molecule has 2 rings (SSSR count). The van der Waals surface area contributed by atoms with E-state index < -0.39 is 0 Å². The molecule has 0 aliphatic heterocycles. The van der Waals surface area contributed by atoms with E-state index in [2.05, 4.69) is 26.1 Å². The van der Waals surface area contributed by atoms with Crippen molar-refractivity contribution in [1.29, 1.82) is 0 Å². The zero-order valence-corrected chi connectivity index (χ0v) is 13.9. The molecular formula is C18H35NO. The van der Waals surface area contributed by atoms with Crippen molar-refractivity contribution in [2.45, 2.75) is 90.3 Å². The van der Waals surface area contributed by atoms with Crippen LogP contribution in [0.25, 0.3) is 0 Å². The summed E-state index contributed by atoms with van der Waals surface area (Å²) in [7, 11) is 0. The zero-order valence-electron chi connectivity index (χ0n) is 13.9. The Morgan fingerprint density at radius 3 is 2.45 bits per heavy atom. The lowest BCUT2D eigenvalue weighted by Gasteiger charge is -2.44. The van der Waals surface area contributed by atoms with E-state index in [9.17, 15) is 0 Å². The molecule has 118 valence electrons. The van der Waals surface area contributed by atoms with Gasteiger partial charge in [-0.25, -0.2) is 0 Å². The van der Waals surface area contributed by atoms with Crippen molar-refractivity contribution in [2.24, 2.45) is 11.8 Å². The summed E-state index contributed by atoms with van der Waals surface area (Å²) in [5.41, 5.74) is 0.142. The minimum absolute atomic E-state index is 0.142. The average molecular weight is 281 g/mol. The number of hydrogen-bond donors (Lipinski definition) is 1. The van der Waals surface area contributed by atoms with Crippen LogP contribution in [0.1, 0.15) is 78.6 Å². The molecule has 0 aromatic carbocycles. The number of ether oxygens (including phenoxy) is 1. The number of hydrogen-bond acceptors (Lipinski definition) is 2. The SMILES string of the molecule is CCNCC1(OC2CCCC(C)C2)CCC(CC)CC1. The minimum atomic E-state index is 0.142. The molecule has 0 aromatic heterocycles. The molecule has 0 aromatic rings. The standard InChI is InChI=1S/C18H35NO/c1-4-16-9-11-18(12-10-16,14-19-5-2)20-17-8-6-7-15(3)13-17/h15-17,19H,4-14H2,1-3H3. The Labute approximate surface area is 126 Å². The smallest absolute Gasteiger partial charge is 0.0810 e. The minimum Gasteiger partial charge on any atom is -0.370 e. The summed E-state index contributed by atoms with van der Waals surface area (Å²) in [6, 6.07) is 0. The Bertz CT molecular complexity index is 271. The molecule has 2 nitrogen and oxygen atoms in total. The molecule has 2 atom stereocenters. The average Bonchev–Trinajstić information content (AvgIpc) is 2.46. The summed E-state index contributed by atoms with van der Waals surface area (Å²) in [5, 5.41) is 3.57. The normalized spacial score (nSPS) is 38.9. The summed E-state index contributed by atoms with van der Waals surface area (Å²) >= 11 is 0. The van der Waals surface area contributed by atoms with Gasteiger partial charge in [0, 0.05) is 6.54 Å². The van der Waals surface area contributed by atoms with Crippen molar-refractivity contribution in [2.75, 3.05) is 13.1 Å². The van der Waals surface area contributed by atoms with Gasteiger partial charge in [0.1, 0.15) is 0 Å². The maximum Gasteiger partial charge on any atom is 0.0810 e. The van der Waals surface area contributed by atoms with Gasteiger partial charge in [-0.1, -0.05) is 40.0 Å². The highest BCUT2D eigenvalue weighted by atomic mass is 16.5. The fourth-order valence-electron chi connectivity index (χ4n) is 4.14. The van der Waals surface area contributed by atoms with Crippen molar-refractivity contribution in [3.8, 4) is 0 Å². The first-order valence-electron chi connectivity index (χ1n) is 9.06. The van der Waals surface area contributed by atoms with Gasteiger partial charge in [-0.15, -0.1) is 0 Å². The van der Waals surface area contributed by atoms with Crippen LogP contribution in [0.3, 0.4) is 0 Å². The molecule has 0 saturated heterocycles. The van der Waals surface area contributed by atoms with E-state index in [1.165, 1.54) is 57.8 Å². The third-order valence-electron chi connectivity index (χ3n) is 5.60. The highest BCUT2D eigenvalue weighted by molar-refractivity contribution is 4.90. The largest absolute Gasteiger partial charge is 0.370 e. The molecule has 0 amide bonds.